The normalized spacial score (nSPS) is 10.2. The number of hydrogen-bond acceptors (Lipinski definition) is 4. The monoisotopic (exact) mass is 321 g/mol. The Morgan fingerprint density at radius 3 is 2.47 bits per heavy atom. The lowest BCUT2D eigenvalue weighted by atomic mass is 10.2. The third-order valence-electron chi connectivity index (χ3n) is 2.70. The van der Waals surface area contributed by atoms with Gasteiger partial charge < -0.3 is 11.1 Å². The first-order chi connectivity index (χ1) is 8.97. The van der Waals surface area contributed by atoms with Crippen molar-refractivity contribution in [1.82, 2.24) is 0 Å². The standard InChI is InChI=1S/C13H12BrN3O2/c1-8-6-9(14)2-4-12(8)16-13-5-3-10(17(18)19)7-11(13)15/h2-7,16H,15H2,1H3. The van der Waals surface area contributed by atoms with E-state index < -0.39 is 4.92 Å². The Balaban J connectivity index is 2.31. The first-order valence-electron chi connectivity index (χ1n) is 5.54. The van der Waals surface area contributed by atoms with Gasteiger partial charge in [-0.1, -0.05) is 15.9 Å². The molecule has 0 fully saturated rings. The lowest BCUT2D eigenvalue weighted by Crippen LogP contribution is -1.99. The Kier molecular flexibility index (Phi) is 3.71. The van der Waals surface area contributed by atoms with Gasteiger partial charge in [0.05, 0.1) is 16.3 Å². The van der Waals surface area contributed by atoms with Crippen molar-refractivity contribution in [3.05, 3.63) is 56.5 Å². The van der Waals surface area contributed by atoms with Crippen LogP contribution in [0.3, 0.4) is 0 Å². The molecule has 0 aromatic heterocycles. The van der Waals surface area contributed by atoms with Crippen LogP contribution in [0.1, 0.15) is 5.56 Å². The largest absolute Gasteiger partial charge is 0.397 e. The van der Waals surface area contributed by atoms with Gasteiger partial charge >= 0.3 is 0 Å². The minimum Gasteiger partial charge on any atom is -0.397 e. The van der Waals surface area contributed by atoms with Crippen LogP contribution in [0, 0.1) is 17.0 Å². The molecule has 0 aliphatic heterocycles. The van der Waals surface area contributed by atoms with Gasteiger partial charge in [-0.25, -0.2) is 0 Å². The fraction of sp³-hybridized carbons (Fsp3) is 0.0769. The molecule has 2 aromatic rings. The van der Waals surface area contributed by atoms with Crippen molar-refractivity contribution < 1.29 is 4.92 Å². The summed E-state index contributed by atoms with van der Waals surface area (Å²) < 4.78 is 0.993. The van der Waals surface area contributed by atoms with Crippen LogP contribution in [-0.4, -0.2) is 4.92 Å². The van der Waals surface area contributed by atoms with Crippen LogP contribution in [0.5, 0.6) is 0 Å². The highest BCUT2D eigenvalue weighted by Crippen LogP contribution is 2.29. The molecule has 0 saturated carbocycles. The van der Waals surface area contributed by atoms with Gasteiger partial charge in [0.15, 0.2) is 0 Å². The van der Waals surface area contributed by atoms with E-state index in [2.05, 4.69) is 21.2 Å². The summed E-state index contributed by atoms with van der Waals surface area (Å²) in [6.07, 6.45) is 0. The molecule has 3 N–H and O–H groups in total. The molecule has 0 radical (unpaired) electrons. The number of nitrogen functional groups attached to an aromatic ring is 1. The maximum atomic E-state index is 10.6. The molecule has 19 heavy (non-hydrogen) atoms. The SMILES string of the molecule is Cc1cc(Br)ccc1Nc1ccc([N+](=O)[O-])cc1N. The molecule has 2 rings (SSSR count). The molecule has 98 valence electrons. The highest BCUT2D eigenvalue weighted by molar-refractivity contribution is 9.10. The van der Waals surface area contributed by atoms with Crippen LogP contribution in [0.4, 0.5) is 22.7 Å². The van der Waals surface area contributed by atoms with Crippen LogP contribution in [0.2, 0.25) is 0 Å². The van der Waals surface area contributed by atoms with Crippen LogP contribution in [-0.2, 0) is 0 Å². The van der Waals surface area contributed by atoms with E-state index in [-0.39, 0.29) is 5.69 Å². The zero-order chi connectivity index (χ0) is 14.0. The van der Waals surface area contributed by atoms with E-state index in [0.717, 1.165) is 15.7 Å². The number of nitrogens with zero attached hydrogens (tertiary/aromatic N) is 1. The number of nitrogens with one attached hydrogen (secondary N) is 1. The summed E-state index contributed by atoms with van der Waals surface area (Å²) >= 11 is 3.39. The number of nitrogens with two attached hydrogens (primary N) is 1. The molecule has 0 bridgehead atoms. The Bertz CT molecular complexity index is 644. The highest BCUT2D eigenvalue weighted by Gasteiger charge is 2.09. The smallest absolute Gasteiger partial charge is 0.271 e. The van der Waals surface area contributed by atoms with Gasteiger partial charge in [-0.15, -0.1) is 0 Å². The van der Waals surface area contributed by atoms with Gasteiger partial charge in [0.2, 0.25) is 0 Å². The summed E-state index contributed by atoms with van der Waals surface area (Å²) in [4.78, 5) is 10.2. The van der Waals surface area contributed by atoms with Gasteiger partial charge in [-0.05, 0) is 36.8 Å². The van der Waals surface area contributed by atoms with Gasteiger partial charge in [0.25, 0.3) is 5.69 Å². The quantitative estimate of drug-likeness (QED) is 0.508. The molecule has 0 spiro atoms. The highest BCUT2D eigenvalue weighted by atomic mass is 79.9. The van der Waals surface area contributed by atoms with E-state index in [1.165, 1.54) is 12.1 Å². The Hall–Kier alpha value is -2.08. The Labute approximate surface area is 118 Å². The zero-order valence-corrected chi connectivity index (χ0v) is 11.8. The van der Waals surface area contributed by atoms with E-state index in [9.17, 15) is 10.1 Å². The minimum absolute atomic E-state index is 0.0180. The number of nitro benzene ring substituents is 1. The molecular weight excluding hydrogens is 310 g/mol. The molecule has 0 heterocycles. The third-order valence-corrected chi connectivity index (χ3v) is 3.20. The summed E-state index contributed by atoms with van der Waals surface area (Å²) in [5.41, 5.74) is 8.74. The molecule has 0 aliphatic rings. The van der Waals surface area contributed by atoms with Crippen molar-refractivity contribution in [3.63, 3.8) is 0 Å². The molecular formula is C13H12BrN3O2. The summed E-state index contributed by atoms with van der Waals surface area (Å²) in [5, 5.41) is 13.8. The number of nitro groups is 1. The molecule has 0 unspecified atom stereocenters. The van der Waals surface area contributed by atoms with Crippen molar-refractivity contribution in [2.75, 3.05) is 11.1 Å². The Morgan fingerprint density at radius 1 is 1.21 bits per heavy atom. The second-order valence-electron chi connectivity index (χ2n) is 4.11. The predicted octanol–water partition coefficient (Wildman–Crippen LogP) is 3.99. The third kappa shape index (κ3) is 3.03. The summed E-state index contributed by atoms with van der Waals surface area (Å²) in [7, 11) is 0. The number of non-ortho nitro benzene ring substituents is 1. The summed E-state index contributed by atoms with van der Waals surface area (Å²) in [6, 6.07) is 10.2. The fourth-order valence-electron chi connectivity index (χ4n) is 1.69. The van der Waals surface area contributed by atoms with Crippen molar-refractivity contribution in [2.45, 2.75) is 6.92 Å². The molecule has 6 heteroatoms. The van der Waals surface area contributed by atoms with Crippen molar-refractivity contribution in [1.29, 1.82) is 0 Å². The van der Waals surface area contributed by atoms with Crippen molar-refractivity contribution >= 4 is 38.7 Å². The maximum absolute atomic E-state index is 10.6. The Morgan fingerprint density at radius 2 is 1.89 bits per heavy atom. The average molecular weight is 322 g/mol. The molecule has 0 saturated heterocycles. The fourth-order valence-corrected chi connectivity index (χ4v) is 2.17. The summed E-state index contributed by atoms with van der Waals surface area (Å²) in [5.74, 6) is 0. The minimum atomic E-state index is -0.467. The number of rotatable bonds is 3. The number of benzene rings is 2. The first-order valence-corrected chi connectivity index (χ1v) is 6.34. The van der Waals surface area contributed by atoms with Gasteiger partial charge in [-0.3, -0.25) is 10.1 Å². The van der Waals surface area contributed by atoms with E-state index in [1.807, 2.05) is 25.1 Å². The van der Waals surface area contributed by atoms with E-state index in [0.29, 0.717) is 11.4 Å². The van der Waals surface area contributed by atoms with Crippen LogP contribution < -0.4 is 11.1 Å². The molecule has 0 atom stereocenters. The van der Waals surface area contributed by atoms with Crippen molar-refractivity contribution in [3.8, 4) is 0 Å². The number of aryl methyl sites for hydroxylation is 1. The van der Waals surface area contributed by atoms with Crippen LogP contribution in [0.15, 0.2) is 40.9 Å². The van der Waals surface area contributed by atoms with Crippen LogP contribution in [0.25, 0.3) is 0 Å². The second-order valence-corrected chi connectivity index (χ2v) is 5.03. The van der Waals surface area contributed by atoms with E-state index in [4.69, 9.17) is 5.73 Å². The van der Waals surface area contributed by atoms with Gasteiger partial charge in [0.1, 0.15) is 0 Å². The summed E-state index contributed by atoms with van der Waals surface area (Å²) in [6.45, 7) is 1.97. The average Bonchev–Trinajstić information content (AvgIpc) is 2.34. The number of anilines is 3. The molecule has 5 nitrogen and oxygen atoms in total. The molecule has 0 aliphatic carbocycles. The molecule has 0 amide bonds. The lowest BCUT2D eigenvalue weighted by Gasteiger charge is -2.11. The number of hydrogen-bond donors (Lipinski definition) is 2. The van der Waals surface area contributed by atoms with Crippen LogP contribution >= 0.6 is 15.9 Å². The first kappa shape index (κ1) is 13.4. The van der Waals surface area contributed by atoms with E-state index in [1.54, 1.807) is 6.07 Å². The topological polar surface area (TPSA) is 81.2 Å². The predicted molar refractivity (Wildman–Crippen MR) is 79.7 cm³/mol. The van der Waals surface area contributed by atoms with Gasteiger partial charge in [-0.2, -0.15) is 0 Å². The lowest BCUT2D eigenvalue weighted by molar-refractivity contribution is -0.384. The van der Waals surface area contributed by atoms with Gasteiger partial charge in [0, 0.05) is 22.3 Å². The number of halogens is 1. The van der Waals surface area contributed by atoms with E-state index >= 15 is 0 Å². The second kappa shape index (κ2) is 5.27. The zero-order valence-electron chi connectivity index (χ0n) is 10.2. The maximum Gasteiger partial charge on any atom is 0.271 e. The van der Waals surface area contributed by atoms with Crippen molar-refractivity contribution in [2.24, 2.45) is 0 Å². The molecule has 2 aromatic carbocycles.